The van der Waals surface area contributed by atoms with Crippen LogP contribution in [0.4, 0.5) is 13.2 Å². The molecule has 2 N–H and O–H groups in total. The fourth-order valence-corrected chi connectivity index (χ4v) is 1.49. The van der Waals surface area contributed by atoms with Crippen LogP contribution in [0.25, 0.3) is 0 Å². The second-order valence-corrected chi connectivity index (χ2v) is 3.16. The van der Waals surface area contributed by atoms with Crippen LogP contribution in [0.3, 0.4) is 0 Å². The minimum atomic E-state index is -4.17. The Morgan fingerprint density at radius 1 is 1.42 bits per heavy atom. The van der Waals surface area contributed by atoms with Gasteiger partial charge in [-0.15, -0.1) is 0 Å². The van der Waals surface area contributed by atoms with Gasteiger partial charge in [-0.1, -0.05) is 0 Å². The van der Waals surface area contributed by atoms with Gasteiger partial charge in [0.2, 0.25) is 0 Å². The first-order chi connectivity index (χ1) is 5.54. The van der Waals surface area contributed by atoms with Gasteiger partial charge in [-0.3, -0.25) is 0 Å². The first kappa shape index (κ1) is 9.80. The Bertz CT molecular complexity index is 146. The molecule has 1 atom stereocenters. The predicted molar refractivity (Wildman–Crippen MR) is 39.4 cm³/mol. The molecule has 1 heterocycles. The zero-order chi connectivity index (χ0) is 9.19. The van der Waals surface area contributed by atoms with Crippen molar-refractivity contribution >= 4 is 0 Å². The number of hydrogen-bond acceptors (Lipinski definition) is 2. The summed E-state index contributed by atoms with van der Waals surface area (Å²) < 4.78 is 36.4. The Morgan fingerprint density at radius 3 is 2.58 bits per heavy atom. The smallest absolute Gasteiger partial charge is 0.330 e. The van der Waals surface area contributed by atoms with Crippen LogP contribution in [0.15, 0.2) is 0 Å². The maximum Gasteiger partial charge on any atom is 0.459 e. The summed E-state index contributed by atoms with van der Waals surface area (Å²) in [5.41, 5.74) is 5.31. The summed E-state index contributed by atoms with van der Waals surface area (Å²) in [5.74, 6) is 0.0142. The molecule has 12 heavy (non-hydrogen) atoms. The van der Waals surface area contributed by atoms with E-state index in [2.05, 4.69) is 0 Å². The minimum Gasteiger partial charge on any atom is -0.330 e. The lowest BCUT2D eigenvalue weighted by Gasteiger charge is -2.32. The van der Waals surface area contributed by atoms with Crippen LogP contribution in [-0.4, -0.2) is 30.8 Å². The third-order valence-electron chi connectivity index (χ3n) is 2.21. The van der Waals surface area contributed by atoms with Crippen LogP contribution in [0.1, 0.15) is 12.8 Å². The molecule has 72 valence electrons. The van der Waals surface area contributed by atoms with Gasteiger partial charge in [-0.25, -0.2) is 4.90 Å². The van der Waals surface area contributed by atoms with Crippen molar-refractivity contribution in [1.29, 1.82) is 0 Å². The summed E-state index contributed by atoms with van der Waals surface area (Å²) >= 11 is 0. The molecule has 1 aliphatic heterocycles. The number of piperidine rings is 1. The fourth-order valence-electron chi connectivity index (χ4n) is 1.49. The van der Waals surface area contributed by atoms with Crippen molar-refractivity contribution in [1.82, 2.24) is 4.90 Å². The van der Waals surface area contributed by atoms with Gasteiger partial charge in [0, 0.05) is 13.1 Å². The molecule has 1 rings (SSSR count). The second-order valence-electron chi connectivity index (χ2n) is 3.16. The molecule has 0 aromatic rings. The van der Waals surface area contributed by atoms with E-state index in [9.17, 15) is 13.2 Å². The summed E-state index contributed by atoms with van der Waals surface area (Å²) in [6.45, 7) is 0.548. The predicted octanol–water partition coefficient (Wildman–Crippen LogP) is 1.18. The lowest BCUT2D eigenvalue weighted by atomic mass is 9.99. The number of hydrogen-bond donors (Lipinski definition) is 1. The molecule has 0 aromatic carbocycles. The van der Waals surface area contributed by atoms with Crippen molar-refractivity contribution in [2.45, 2.75) is 19.1 Å². The second kappa shape index (κ2) is 3.62. The minimum absolute atomic E-state index is 0.0142. The Hall–Kier alpha value is -0.290. The largest absolute Gasteiger partial charge is 0.459 e. The first-order valence-corrected chi connectivity index (χ1v) is 4.06. The molecule has 5 heteroatoms. The molecule has 0 aliphatic carbocycles. The third kappa shape index (κ3) is 2.35. The van der Waals surface area contributed by atoms with E-state index in [-0.39, 0.29) is 19.0 Å². The number of nitrogens with two attached hydrogens (primary N) is 1. The zero-order valence-electron chi connectivity index (χ0n) is 6.77. The molecule has 0 aromatic heterocycles. The highest BCUT2D eigenvalue weighted by Crippen LogP contribution is 2.27. The standard InChI is InChI=1S/C7H13F3N2/c8-7(9,10)12-3-1-2-6(4-11)5-12/h6H,1-5,11H2/t6-/m1/s1. The highest BCUT2D eigenvalue weighted by molar-refractivity contribution is 4.74. The van der Waals surface area contributed by atoms with Crippen LogP contribution in [0.2, 0.25) is 0 Å². The van der Waals surface area contributed by atoms with Crippen LogP contribution in [0.5, 0.6) is 0 Å². The van der Waals surface area contributed by atoms with Gasteiger partial charge in [-0.05, 0) is 25.3 Å². The Balaban J connectivity index is 2.46. The topological polar surface area (TPSA) is 29.3 Å². The number of rotatable bonds is 1. The highest BCUT2D eigenvalue weighted by atomic mass is 19.4. The number of nitrogens with zero attached hydrogens (tertiary/aromatic N) is 1. The lowest BCUT2D eigenvalue weighted by molar-refractivity contribution is -0.253. The molecule has 0 unspecified atom stereocenters. The van der Waals surface area contributed by atoms with Crippen molar-refractivity contribution in [3.05, 3.63) is 0 Å². The summed E-state index contributed by atoms with van der Waals surface area (Å²) in [7, 11) is 0. The first-order valence-electron chi connectivity index (χ1n) is 4.06. The van der Waals surface area contributed by atoms with Gasteiger partial charge in [0.15, 0.2) is 0 Å². The normalized spacial score (nSPS) is 27.5. The van der Waals surface area contributed by atoms with Crippen LogP contribution < -0.4 is 5.73 Å². The van der Waals surface area contributed by atoms with Gasteiger partial charge < -0.3 is 5.73 Å². The van der Waals surface area contributed by atoms with Gasteiger partial charge >= 0.3 is 6.30 Å². The van der Waals surface area contributed by atoms with Crippen molar-refractivity contribution in [3.63, 3.8) is 0 Å². The van der Waals surface area contributed by atoms with Gasteiger partial charge in [0.25, 0.3) is 0 Å². The zero-order valence-corrected chi connectivity index (χ0v) is 6.77. The summed E-state index contributed by atoms with van der Waals surface area (Å²) in [5, 5.41) is 0. The Labute approximate surface area is 69.5 Å². The van der Waals surface area contributed by atoms with E-state index in [4.69, 9.17) is 5.73 Å². The third-order valence-corrected chi connectivity index (χ3v) is 2.21. The van der Waals surface area contributed by atoms with E-state index in [1.54, 1.807) is 0 Å². The summed E-state index contributed by atoms with van der Waals surface area (Å²) in [6, 6.07) is 0. The molecule has 0 bridgehead atoms. The van der Waals surface area contributed by atoms with Crippen molar-refractivity contribution < 1.29 is 13.2 Å². The van der Waals surface area contributed by atoms with Crippen LogP contribution >= 0.6 is 0 Å². The molecule has 1 saturated heterocycles. The van der Waals surface area contributed by atoms with Crippen LogP contribution in [-0.2, 0) is 0 Å². The van der Waals surface area contributed by atoms with Crippen molar-refractivity contribution in [2.24, 2.45) is 11.7 Å². The lowest BCUT2D eigenvalue weighted by Crippen LogP contribution is -2.46. The van der Waals surface area contributed by atoms with E-state index >= 15 is 0 Å². The van der Waals surface area contributed by atoms with Gasteiger partial charge in [0.1, 0.15) is 0 Å². The number of halogens is 3. The SMILES string of the molecule is NC[C@H]1CCCN(C(F)(F)F)C1. The summed E-state index contributed by atoms with van der Waals surface area (Å²) in [6.07, 6.45) is -2.75. The molecule has 0 spiro atoms. The highest BCUT2D eigenvalue weighted by Gasteiger charge is 2.39. The molecule has 0 amide bonds. The Kier molecular flexibility index (Phi) is 2.95. The number of alkyl halides is 3. The van der Waals surface area contributed by atoms with E-state index in [1.165, 1.54) is 0 Å². The average molecular weight is 182 g/mol. The molecular formula is C7H13F3N2. The number of likely N-dealkylation sites (tertiary alicyclic amines) is 1. The van der Waals surface area contributed by atoms with Gasteiger partial charge in [-0.2, -0.15) is 13.2 Å². The molecular weight excluding hydrogens is 169 g/mol. The van der Waals surface area contributed by atoms with Gasteiger partial charge in [0.05, 0.1) is 0 Å². The van der Waals surface area contributed by atoms with E-state index in [0.29, 0.717) is 17.9 Å². The maximum atomic E-state index is 12.1. The Morgan fingerprint density at radius 2 is 2.08 bits per heavy atom. The summed E-state index contributed by atoms with van der Waals surface area (Å²) in [4.78, 5) is 0.550. The molecule has 0 radical (unpaired) electrons. The fraction of sp³-hybridized carbons (Fsp3) is 1.00. The van der Waals surface area contributed by atoms with Crippen LogP contribution in [0, 0.1) is 5.92 Å². The molecule has 1 fully saturated rings. The molecule has 1 aliphatic rings. The monoisotopic (exact) mass is 182 g/mol. The molecule has 2 nitrogen and oxygen atoms in total. The van der Waals surface area contributed by atoms with E-state index < -0.39 is 6.30 Å². The van der Waals surface area contributed by atoms with Crippen molar-refractivity contribution in [2.75, 3.05) is 19.6 Å². The average Bonchev–Trinajstić information content (AvgIpc) is 2.03. The maximum absolute atomic E-state index is 12.1. The molecule has 0 saturated carbocycles. The van der Waals surface area contributed by atoms with E-state index in [1.807, 2.05) is 0 Å². The van der Waals surface area contributed by atoms with Crippen molar-refractivity contribution in [3.8, 4) is 0 Å². The quantitative estimate of drug-likeness (QED) is 0.617. The van der Waals surface area contributed by atoms with E-state index in [0.717, 1.165) is 6.42 Å².